The number of hydrogen-bond acceptors (Lipinski definition) is 3. The number of nitrogen functional groups attached to an aromatic ring is 1. The third kappa shape index (κ3) is 2.69. The molecule has 0 aliphatic heterocycles. The summed E-state index contributed by atoms with van der Waals surface area (Å²) in [5, 5.41) is 3.89. The fourth-order valence-electron chi connectivity index (χ4n) is 2.29. The number of fused-ring (bicyclic) bond motifs is 1. The van der Waals surface area contributed by atoms with Crippen LogP contribution in [-0.4, -0.2) is 10.9 Å². The molecule has 0 atom stereocenters. The summed E-state index contributed by atoms with van der Waals surface area (Å²) in [6.45, 7) is 1.87. The number of carbonyl (C=O) groups excluding carboxylic acids is 1. The number of nitrogens with zero attached hydrogens (tertiary/aromatic N) is 1. The van der Waals surface area contributed by atoms with Crippen LogP contribution in [0, 0.1) is 6.92 Å². The topological polar surface area (TPSA) is 68.0 Å². The van der Waals surface area contributed by atoms with Gasteiger partial charge >= 0.3 is 0 Å². The molecule has 1 heterocycles. The first-order valence-corrected chi connectivity index (χ1v) is 6.66. The zero-order chi connectivity index (χ0) is 14.8. The third-order valence-corrected chi connectivity index (χ3v) is 3.36. The first-order chi connectivity index (χ1) is 10.1. The maximum atomic E-state index is 12.3. The molecule has 0 aliphatic carbocycles. The van der Waals surface area contributed by atoms with Crippen molar-refractivity contribution in [2.75, 3.05) is 11.1 Å². The van der Waals surface area contributed by atoms with E-state index in [9.17, 15) is 4.79 Å². The summed E-state index contributed by atoms with van der Waals surface area (Å²) in [4.78, 5) is 16.6. The molecule has 2 aromatic carbocycles. The smallest absolute Gasteiger partial charge is 0.255 e. The summed E-state index contributed by atoms with van der Waals surface area (Å²) in [5.41, 5.74) is 9.48. The third-order valence-electron chi connectivity index (χ3n) is 3.36. The van der Waals surface area contributed by atoms with Crippen LogP contribution in [0.3, 0.4) is 0 Å². The highest BCUT2D eigenvalue weighted by molar-refractivity contribution is 6.06. The van der Waals surface area contributed by atoms with Crippen molar-refractivity contribution in [3.63, 3.8) is 0 Å². The number of amides is 1. The molecule has 0 unspecified atom stereocenters. The van der Waals surface area contributed by atoms with Crippen LogP contribution in [0.5, 0.6) is 0 Å². The number of carbonyl (C=O) groups is 1. The second kappa shape index (κ2) is 5.25. The van der Waals surface area contributed by atoms with Crippen LogP contribution in [0.1, 0.15) is 15.9 Å². The number of aryl methyl sites for hydroxylation is 1. The lowest BCUT2D eigenvalue weighted by molar-refractivity contribution is 0.102. The van der Waals surface area contributed by atoms with E-state index < -0.39 is 0 Å². The highest BCUT2D eigenvalue weighted by Crippen LogP contribution is 2.19. The van der Waals surface area contributed by atoms with Gasteiger partial charge in [-0.2, -0.15) is 0 Å². The highest BCUT2D eigenvalue weighted by atomic mass is 16.1. The van der Waals surface area contributed by atoms with E-state index in [0.717, 1.165) is 22.2 Å². The predicted molar refractivity (Wildman–Crippen MR) is 85.3 cm³/mol. The Morgan fingerprint density at radius 2 is 2.00 bits per heavy atom. The second-order valence-corrected chi connectivity index (χ2v) is 4.94. The van der Waals surface area contributed by atoms with Crippen LogP contribution in [0.25, 0.3) is 10.9 Å². The maximum absolute atomic E-state index is 12.3. The summed E-state index contributed by atoms with van der Waals surface area (Å²) < 4.78 is 0. The van der Waals surface area contributed by atoms with Crippen molar-refractivity contribution in [1.82, 2.24) is 4.98 Å². The van der Waals surface area contributed by atoms with E-state index in [4.69, 9.17) is 5.73 Å². The second-order valence-electron chi connectivity index (χ2n) is 4.94. The molecule has 21 heavy (non-hydrogen) atoms. The molecule has 0 spiro atoms. The van der Waals surface area contributed by atoms with E-state index >= 15 is 0 Å². The number of nitrogens with two attached hydrogens (primary N) is 1. The summed E-state index contributed by atoms with van der Waals surface area (Å²) >= 11 is 0. The Hall–Kier alpha value is -2.88. The molecule has 4 nitrogen and oxygen atoms in total. The lowest BCUT2D eigenvalue weighted by Gasteiger charge is -2.09. The average molecular weight is 277 g/mol. The van der Waals surface area contributed by atoms with Gasteiger partial charge in [-0.05, 0) is 55.0 Å². The minimum Gasteiger partial charge on any atom is -0.399 e. The van der Waals surface area contributed by atoms with Gasteiger partial charge in [-0.3, -0.25) is 9.78 Å². The van der Waals surface area contributed by atoms with Crippen LogP contribution in [0.15, 0.2) is 54.7 Å². The number of anilines is 2. The minimum atomic E-state index is -0.143. The van der Waals surface area contributed by atoms with Crippen molar-refractivity contribution in [3.05, 3.63) is 65.9 Å². The summed E-state index contributed by atoms with van der Waals surface area (Å²) in [7, 11) is 0. The zero-order valence-corrected chi connectivity index (χ0v) is 11.6. The van der Waals surface area contributed by atoms with Crippen LogP contribution < -0.4 is 11.1 Å². The van der Waals surface area contributed by atoms with Crippen LogP contribution in [-0.2, 0) is 0 Å². The molecular formula is C17H15N3O. The molecule has 1 aromatic heterocycles. The Labute approximate surface area is 122 Å². The molecule has 104 valence electrons. The number of hydrogen-bond donors (Lipinski definition) is 2. The van der Waals surface area contributed by atoms with Crippen molar-refractivity contribution < 1.29 is 4.79 Å². The molecule has 3 N–H and O–H groups in total. The molecule has 1 amide bonds. The molecule has 3 rings (SSSR count). The maximum Gasteiger partial charge on any atom is 0.255 e. The van der Waals surface area contributed by atoms with E-state index in [2.05, 4.69) is 10.3 Å². The quantitative estimate of drug-likeness (QED) is 0.706. The summed E-state index contributed by atoms with van der Waals surface area (Å²) in [6.07, 6.45) is 1.75. The van der Waals surface area contributed by atoms with Crippen LogP contribution >= 0.6 is 0 Å². The first kappa shape index (κ1) is 13.1. The number of nitrogens with one attached hydrogen (secondary N) is 1. The molecule has 0 bridgehead atoms. The van der Waals surface area contributed by atoms with Gasteiger partial charge in [0.2, 0.25) is 0 Å². The Bertz CT molecular complexity index is 827. The van der Waals surface area contributed by atoms with Gasteiger partial charge in [0.25, 0.3) is 5.91 Å². The lowest BCUT2D eigenvalue weighted by atomic mass is 10.1. The molecule has 0 radical (unpaired) electrons. The van der Waals surface area contributed by atoms with Gasteiger partial charge in [0.15, 0.2) is 0 Å². The lowest BCUT2D eigenvalue weighted by Crippen LogP contribution is -2.13. The SMILES string of the molecule is Cc1cc(N)ccc1C(=O)Nc1ccc2ncccc2c1. The fourth-order valence-corrected chi connectivity index (χ4v) is 2.29. The van der Waals surface area contributed by atoms with Crippen molar-refractivity contribution in [2.24, 2.45) is 0 Å². The average Bonchev–Trinajstić information content (AvgIpc) is 2.47. The zero-order valence-electron chi connectivity index (χ0n) is 11.6. The summed E-state index contributed by atoms with van der Waals surface area (Å²) in [6, 6.07) is 14.7. The van der Waals surface area contributed by atoms with Gasteiger partial charge in [0.05, 0.1) is 5.52 Å². The Kier molecular flexibility index (Phi) is 3.28. The van der Waals surface area contributed by atoms with E-state index in [1.807, 2.05) is 37.3 Å². The van der Waals surface area contributed by atoms with Gasteiger partial charge in [0, 0.05) is 28.5 Å². The molecule has 4 heteroatoms. The largest absolute Gasteiger partial charge is 0.399 e. The van der Waals surface area contributed by atoms with Gasteiger partial charge in [0.1, 0.15) is 0 Å². The minimum absolute atomic E-state index is 0.143. The van der Waals surface area contributed by atoms with Crippen LogP contribution in [0.2, 0.25) is 0 Å². The fraction of sp³-hybridized carbons (Fsp3) is 0.0588. The number of aromatic nitrogens is 1. The van der Waals surface area contributed by atoms with Crippen molar-refractivity contribution >= 4 is 28.2 Å². The van der Waals surface area contributed by atoms with Gasteiger partial charge < -0.3 is 11.1 Å². The Balaban J connectivity index is 1.89. The normalized spacial score (nSPS) is 10.5. The summed E-state index contributed by atoms with van der Waals surface area (Å²) in [5.74, 6) is -0.143. The van der Waals surface area contributed by atoms with Gasteiger partial charge in [-0.1, -0.05) is 6.07 Å². The van der Waals surface area contributed by atoms with Crippen LogP contribution in [0.4, 0.5) is 11.4 Å². The van der Waals surface area contributed by atoms with Crippen molar-refractivity contribution in [2.45, 2.75) is 6.92 Å². The van der Waals surface area contributed by atoms with E-state index in [0.29, 0.717) is 11.3 Å². The van der Waals surface area contributed by atoms with E-state index in [-0.39, 0.29) is 5.91 Å². The molecule has 0 saturated heterocycles. The van der Waals surface area contributed by atoms with E-state index in [1.165, 1.54) is 0 Å². The first-order valence-electron chi connectivity index (χ1n) is 6.66. The van der Waals surface area contributed by atoms with Crippen molar-refractivity contribution in [3.8, 4) is 0 Å². The monoisotopic (exact) mass is 277 g/mol. The molecule has 0 fully saturated rings. The highest BCUT2D eigenvalue weighted by Gasteiger charge is 2.09. The molecule has 0 saturated carbocycles. The number of benzene rings is 2. The molecule has 0 aliphatic rings. The van der Waals surface area contributed by atoms with Crippen molar-refractivity contribution in [1.29, 1.82) is 0 Å². The predicted octanol–water partition coefficient (Wildman–Crippen LogP) is 3.38. The standard InChI is InChI=1S/C17H15N3O/c1-11-9-13(18)4-6-15(11)17(21)20-14-5-7-16-12(10-14)3-2-8-19-16/h2-10H,18H2,1H3,(H,20,21). The number of pyridine rings is 1. The molecular weight excluding hydrogens is 262 g/mol. The Morgan fingerprint density at radius 3 is 2.81 bits per heavy atom. The van der Waals surface area contributed by atoms with Gasteiger partial charge in [-0.15, -0.1) is 0 Å². The number of rotatable bonds is 2. The van der Waals surface area contributed by atoms with Gasteiger partial charge in [-0.25, -0.2) is 0 Å². The molecule has 3 aromatic rings. The Morgan fingerprint density at radius 1 is 1.14 bits per heavy atom. The van der Waals surface area contributed by atoms with E-state index in [1.54, 1.807) is 24.4 Å².